The van der Waals surface area contributed by atoms with Crippen LogP contribution in [0.25, 0.3) is 22.6 Å². The minimum absolute atomic E-state index is 0.114. The largest absolute Gasteiger partial charge is 0.388 e. The Bertz CT molecular complexity index is 1430. The minimum Gasteiger partial charge on any atom is -0.388 e. The molecule has 5 rings (SSSR count). The predicted molar refractivity (Wildman–Crippen MR) is 129 cm³/mol. The Labute approximate surface area is 210 Å². The van der Waals surface area contributed by atoms with Crippen LogP contribution in [0.4, 0.5) is 14.6 Å². The van der Waals surface area contributed by atoms with Gasteiger partial charge in [-0.15, -0.1) is 0 Å². The second-order valence-corrected chi connectivity index (χ2v) is 8.58. The number of halogens is 2. The molecule has 4 N–H and O–H groups in total. The molecule has 12 heteroatoms. The van der Waals surface area contributed by atoms with E-state index in [0.29, 0.717) is 6.54 Å². The lowest BCUT2D eigenvalue weighted by Gasteiger charge is -2.17. The molecule has 0 aliphatic carbocycles. The van der Waals surface area contributed by atoms with Gasteiger partial charge in [-0.25, -0.2) is 23.7 Å². The maximum absolute atomic E-state index is 14.7. The van der Waals surface area contributed by atoms with Crippen LogP contribution in [0, 0.1) is 11.6 Å². The van der Waals surface area contributed by atoms with E-state index >= 15 is 0 Å². The Morgan fingerprint density at radius 3 is 2.62 bits per heavy atom. The number of fused-ring (bicyclic) bond motifs is 1. The van der Waals surface area contributed by atoms with Gasteiger partial charge in [0.25, 0.3) is 0 Å². The van der Waals surface area contributed by atoms with Crippen LogP contribution < -0.4 is 10.6 Å². The third-order valence-electron chi connectivity index (χ3n) is 6.19. The number of ether oxygens (including phenoxy) is 1. The van der Waals surface area contributed by atoms with E-state index in [2.05, 4.69) is 25.6 Å². The van der Waals surface area contributed by atoms with E-state index in [-0.39, 0.29) is 40.7 Å². The Hall–Kier alpha value is -4.00. The molecule has 1 saturated heterocycles. The molecule has 2 aromatic carbocycles. The number of carbonyl (C=O) groups is 1. The normalized spacial score (nSPS) is 21.3. The molecular formula is C25H24F2N6O4. The predicted octanol–water partition coefficient (Wildman–Crippen LogP) is 2.14. The highest BCUT2D eigenvalue weighted by molar-refractivity contribution is 5.85. The Balaban J connectivity index is 1.58. The van der Waals surface area contributed by atoms with E-state index in [0.717, 1.165) is 11.6 Å². The van der Waals surface area contributed by atoms with Crippen LogP contribution in [0.15, 0.2) is 54.9 Å². The number of imidazole rings is 1. The van der Waals surface area contributed by atoms with Gasteiger partial charge in [0.15, 0.2) is 40.7 Å². The molecule has 0 unspecified atom stereocenters. The standard InChI is InChI=1S/C25H24F2N6O4/c1-28-17(34)10-16-20(35)21(36)25(37-16)33-12-30-19-23(29-11-13-6-3-2-4-7-13)31-22(32-24(19)33)14-8-5-9-15(26)18(14)27/h2-9,12,16,20-21,25,35-36H,10-11H2,1H3,(H,28,34)(H,29,31,32)/t16-,20+,21+,25+/m0/s1. The molecule has 0 spiro atoms. The van der Waals surface area contributed by atoms with Crippen molar-refractivity contribution in [2.45, 2.75) is 37.5 Å². The summed E-state index contributed by atoms with van der Waals surface area (Å²) in [4.78, 5) is 25.0. The van der Waals surface area contributed by atoms with Crippen molar-refractivity contribution in [3.63, 3.8) is 0 Å². The molecule has 10 nitrogen and oxygen atoms in total. The summed E-state index contributed by atoms with van der Waals surface area (Å²) in [7, 11) is 1.45. The molecule has 3 heterocycles. The summed E-state index contributed by atoms with van der Waals surface area (Å²) < 4.78 is 35.9. The molecule has 4 aromatic rings. The number of aliphatic hydroxyl groups excluding tert-OH is 2. The maximum atomic E-state index is 14.7. The summed E-state index contributed by atoms with van der Waals surface area (Å²) in [6.07, 6.45) is -3.70. The van der Waals surface area contributed by atoms with Crippen LogP contribution in [0.1, 0.15) is 18.2 Å². The molecule has 1 fully saturated rings. The van der Waals surface area contributed by atoms with Gasteiger partial charge >= 0.3 is 0 Å². The summed E-state index contributed by atoms with van der Waals surface area (Å²) in [5.74, 6) is -2.40. The van der Waals surface area contributed by atoms with Crippen LogP contribution >= 0.6 is 0 Å². The zero-order valence-electron chi connectivity index (χ0n) is 19.7. The number of amides is 1. The summed E-state index contributed by atoms with van der Waals surface area (Å²) in [6.45, 7) is 0.361. The van der Waals surface area contributed by atoms with Gasteiger partial charge in [-0.1, -0.05) is 36.4 Å². The highest BCUT2D eigenvalue weighted by Crippen LogP contribution is 2.35. The smallest absolute Gasteiger partial charge is 0.222 e. The molecule has 1 aliphatic heterocycles. The lowest BCUT2D eigenvalue weighted by molar-refractivity contribution is -0.125. The van der Waals surface area contributed by atoms with Gasteiger partial charge in [0, 0.05) is 13.6 Å². The number of carbonyl (C=O) groups excluding carboxylic acids is 1. The molecule has 192 valence electrons. The van der Waals surface area contributed by atoms with E-state index in [9.17, 15) is 23.8 Å². The summed E-state index contributed by atoms with van der Waals surface area (Å²) >= 11 is 0. The van der Waals surface area contributed by atoms with E-state index < -0.39 is 36.2 Å². The fraction of sp³-hybridized carbons (Fsp3) is 0.280. The number of nitrogens with zero attached hydrogens (tertiary/aromatic N) is 4. The number of hydrogen-bond acceptors (Lipinski definition) is 8. The monoisotopic (exact) mass is 510 g/mol. The second kappa shape index (κ2) is 10.2. The molecule has 2 aromatic heterocycles. The highest BCUT2D eigenvalue weighted by atomic mass is 19.2. The Morgan fingerprint density at radius 1 is 1.08 bits per heavy atom. The van der Waals surface area contributed by atoms with E-state index in [1.807, 2.05) is 30.3 Å². The first kappa shape index (κ1) is 24.7. The van der Waals surface area contributed by atoms with Crippen molar-refractivity contribution in [3.8, 4) is 11.4 Å². The summed E-state index contributed by atoms with van der Waals surface area (Å²) in [5, 5.41) is 26.8. The average Bonchev–Trinajstić information content (AvgIpc) is 3.45. The zero-order valence-corrected chi connectivity index (χ0v) is 19.7. The van der Waals surface area contributed by atoms with E-state index in [1.54, 1.807) is 0 Å². The van der Waals surface area contributed by atoms with Gasteiger partial charge in [-0.2, -0.15) is 0 Å². The molecule has 37 heavy (non-hydrogen) atoms. The fourth-order valence-electron chi connectivity index (χ4n) is 4.22. The lowest BCUT2D eigenvalue weighted by atomic mass is 10.1. The second-order valence-electron chi connectivity index (χ2n) is 8.58. The van der Waals surface area contributed by atoms with Gasteiger partial charge in [0.1, 0.15) is 12.2 Å². The van der Waals surface area contributed by atoms with Crippen molar-refractivity contribution in [3.05, 3.63) is 72.1 Å². The molecule has 1 amide bonds. The third kappa shape index (κ3) is 4.73. The number of anilines is 1. The van der Waals surface area contributed by atoms with Crippen molar-refractivity contribution in [2.75, 3.05) is 12.4 Å². The molecular weight excluding hydrogens is 486 g/mol. The number of rotatable bonds is 7. The Morgan fingerprint density at radius 2 is 1.86 bits per heavy atom. The quantitative estimate of drug-likeness (QED) is 0.297. The molecule has 1 aliphatic rings. The number of benzene rings is 2. The van der Waals surface area contributed by atoms with Crippen molar-refractivity contribution in [2.24, 2.45) is 0 Å². The van der Waals surface area contributed by atoms with Crippen LogP contribution in [-0.4, -0.2) is 61.0 Å². The van der Waals surface area contributed by atoms with Crippen LogP contribution in [-0.2, 0) is 16.1 Å². The number of aromatic nitrogens is 4. The van der Waals surface area contributed by atoms with Gasteiger partial charge < -0.3 is 25.6 Å². The average molecular weight is 511 g/mol. The van der Waals surface area contributed by atoms with Crippen LogP contribution in [0.2, 0.25) is 0 Å². The zero-order chi connectivity index (χ0) is 26.1. The van der Waals surface area contributed by atoms with Crippen molar-refractivity contribution in [1.82, 2.24) is 24.8 Å². The third-order valence-corrected chi connectivity index (χ3v) is 6.19. The topological polar surface area (TPSA) is 134 Å². The van der Waals surface area contributed by atoms with Crippen molar-refractivity contribution < 1.29 is 28.5 Å². The lowest BCUT2D eigenvalue weighted by Crippen LogP contribution is -2.34. The SMILES string of the molecule is CNC(=O)C[C@@H]1O[C@@H](n2cnc3c(NCc4ccccc4)nc(-c4cccc(F)c4F)nc32)[C@H](O)[C@@H]1O. The van der Waals surface area contributed by atoms with E-state index in [4.69, 9.17) is 4.74 Å². The van der Waals surface area contributed by atoms with Crippen molar-refractivity contribution in [1.29, 1.82) is 0 Å². The fourth-order valence-corrected chi connectivity index (χ4v) is 4.22. The highest BCUT2D eigenvalue weighted by Gasteiger charge is 2.45. The summed E-state index contributed by atoms with van der Waals surface area (Å²) in [5.41, 5.74) is 1.22. The molecule has 0 saturated carbocycles. The number of hydrogen-bond donors (Lipinski definition) is 4. The van der Waals surface area contributed by atoms with Crippen LogP contribution in [0.3, 0.4) is 0 Å². The molecule has 0 radical (unpaired) electrons. The maximum Gasteiger partial charge on any atom is 0.222 e. The van der Waals surface area contributed by atoms with Crippen molar-refractivity contribution >= 4 is 22.9 Å². The first-order valence-corrected chi connectivity index (χ1v) is 11.6. The molecule has 4 atom stereocenters. The first-order chi connectivity index (χ1) is 17.9. The number of nitrogens with one attached hydrogen (secondary N) is 2. The van der Waals surface area contributed by atoms with Gasteiger partial charge in [0.05, 0.1) is 24.4 Å². The van der Waals surface area contributed by atoms with Gasteiger partial charge in [-0.05, 0) is 17.7 Å². The minimum atomic E-state index is -1.41. The first-order valence-electron chi connectivity index (χ1n) is 11.6. The van der Waals surface area contributed by atoms with Gasteiger partial charge in [-0.3, -0.25) is 9.36 Å². The summed E-state index contributed by atoms with van der Waals surface area (Å²) in [6, 6.07) is 13.2. The van der Waals surface area contributed by atoms with E-state index in [1.165, 1.54) is 30.1 Å². The van der Waals surface area contributed by atoms with Crippen LogP contribution in [0.5, 0.6) is 0 Å². The van der Waals surface area contributed by atoms with Gasteiger partial charge in [0.2, 0.25) is 5.91 Å². The Kier molecular flexibility index (Phi) is 6.78. The number of aliphatic hydroxyl groups is 2. The molecule has 0 bridgehead atoms.